The second-order valence-electron chi connectivity index (χ2n) is 7.75. The third-order valence-corrected chi connectivity index (χ3v) is 6.22. The zero-order chi connectivity index (χ0) is 16.5. The minimum atomic E-state index is 0.375. The SMILES string of the molecule is CCc1nc(CN2CCN(C(=O)C[C@@H]3C[C@H]4CC[C@H]3C4)CC2)no1. The minimum Gasteiger partial charge on any atom is -0.340 e. The molecule has 0 aromatic carbocycles. The Morgan fingerprint density at radius 2 is 2.04 bits per heavy atom. The van der Waals surface area contributed by atoms with Crippen LogP contribution in [0.1, 0.15) is 50.7 Å². The minimum absolute atomic E-state index is 0.375. The first-order chi connectivity index (χ1) is 11.7. The lowest BCUT2D eigenvalue weighted by Gasteiger charge is -2.35. The third-order valence-electron chi connectivity index (χ3n) is 6.22. The molecule has 2 bridgehead atoms. The summed E-state index contributed by atoms with van der Waals surface area (Å²) in [5.41, 5.74) is 0. The van der Waals surface area contributed by atoms with Gasteiger partial charge in [0.2, 0.25) is 11.8 Å². The summed E-state index contributed by atoms with van der Waals surface area (Å²) in [5.74, 6) is 4.26. The van der Waals surface area contributed by atoms with E-state index in [-0.39, 0.29) is 0 Å². The molecule has 3 atom stereocenters. The second kappa shape index (κ2) is 6.82. The number of aryl methyl sites for hydroxylation is 1. The van der Waals surface area contributed by atoms with Gasteiger partial charge in [0.1, 0.15) is 0 Å². The highest BCUT2D eigenvalue weighted by atomic mass is 16.5. The first-order valence-corrected chi connectivity index (χ1v) is 9.53. The summed E-state index contributed by atoms with van der Waals surface area (Å²) >= 11 is 0. The molecule has 1 aromatic heterocycles. The highest BCUT2D eigenvalue weighted by Gasteiger charge is 2.40. The van der Waals surface area contributed by atoms with Crippen molar-refractivity contribution >= 4 is 5.91 Å². The van der Waals surface area contributed by atoms with E-state index in [4.69, 9.17) is 4.52 Å². The number of aromatic nitrogens is 2. The van der Waals surface area contributed by atoms with Gasteiger partial charge in [-0.1, -0.05) is 18.5 Å². The molecule has 2 saturated carbocycles. The Labute approximate surface area is 143 Å². The first kappa shape index (κ1) is 16.1. The van der Waals surface area contributed by atoms with E-state index in [0.29, 0.717) is 17.7 Å². The normalized spacial score (nSPS) is 30.2. The molecule has 1 amide bonds. The Balaban J connectivity index is 1.23. The van der Waals surface area contributed by atoms with Crippen molar-refractivity contribution < 1.29 is 9.32 Å². The number of rotatable bonds is 5. The van der Waals surface area contributed by atoms with Crippen LogP contribution in [0.2, 0.25) is 0 Å². The quantitative estimate of drug-likeness (QED) is 0.826. The standard InChI is InChI=1S/C18H28N4O2/c1-2-17-19-16(20-24-17)12-21-5-7-22(8-6-21)18(23)11-15-10-13-3-4-14(15)9-13/h13-15H,2-12H2,1H3/t13-,14-,15-/m0/s1. The van der Waals surface area contributed by atoms with Gasteiger partial charge in [-0.3, -0.25) is 9.69 Å². The van der Waals surface area contributed by atoms with E-state index in [2.05, 4.69) is 19.9 Å². The molecule has 24 heavy (non-hydrogen) atoms. The highest BCUT2D eigenvalue weighted by molar-refractivity contribution is 5.76. The van der Waals surface area contributed by atoms with Crippen LogP contribution < -0.4 is 0 Å². The molecule has 0 unspecified atom stereocenters. The molecule has 3 fully saturated rings. The van der Waals surface area contributed by atoms with Gasteiger partial charge in [0, 0.05) is 39.0 Å². The molecule has 4 rings (SSSR count). The molecule has 2 aliphatic carbocycles. The lowest BCUT2D eigenvalue weighted by molar-refractivity contribution is -0.134. The Morgan fingerprint density at radius 3 is 2.67 bits per heavy atom. The lowest BCUT2D eigenvalue weighted by Crippen LogP contribution is -2.48. The summed E-state index contributed by atoms with van der Waals surface area (Å²) in [6.45, 7) is 6.20. The monoisotopic (exact) mass is 332 g/mol. The van der Waals surface area contributed by atoms with Gasteiger partial charge in [0.15, 0.2) is 5.82 Å². The summed E-state index contributed by atoms with van der Waals surface area (Å²) in [6.07, 6.45) is 7.01. The smallest absolute Gasteiger partial charge is 0.226 e. The molecule has 0 spiro atoms. The maximum atomic E-state index is 12.6. The Hall–Kier alpha value is -1.43. The van der Waals surface area contributed by atoms with E-state index in [1.165, 1.54) is 25.7 Å². The van der Waals surface area contributed by atoms with E-state index in [0.717, 1.165) is 63.2 Å². The van der Waals surface area contributed by atoms with Crippen molar-refractivity contribution in [2.24, 2.45) is 17.8 Å². The van der Waals surface area contributed by atoms with Gasteiger partial charge in [-0.15, -0.1) is 0 Å². The van der Waals surface area contributed by atoms with E-state index < -0.39 is 0 Å². The van der Waals surface area contributed by atoms with Crippen molar-refractivity contribution in [3.05, 3.63) is 11.7 Å². The lowest BCUT2D eigenvalue weighted by atomic mass is 9.86. The number of carbonyl (C=O) groups excluding carboxylic acids is 1. The number of piperazine rings is 1. The molecular formula is C18H28N4O2. The van der Waals surface area contributed by atoms with Gasteiger partial charge in [-0.2, -0.15) is 4.98 Å². The van der Waals surface area contributed by atoms with E-state index in [1.807, 2.05) is 6.92 Å². The number of carbonyl (C=O) groups is 1. The van der Waals surface area contributed by atoms with Crippen LogP contribution in [0, 0.1) is 17.8 Å². The number of amides is 1. The first-order valence-electron chi connectivity index (χ1n) is 9.53. The zero-order valence-electron chi connectivity index (χ0n) is 14.6. The average molecular weight is 332 g/mol. The van der Waals surface area contributed by atoms with Crippen LogP contribution in [0.5, 0.6) is 0 Å². The predicted octanol–water partition coefficient (Wildman–Crippen LogP) is 2.10. The van der Waals surface area contributed by atoms with Crippen molar-refractivity contribution in [1.29, 1.82) is 0 Å². The zero-order valence-corrected chi connectivity index (χ0v) is 14.6. The van der Waals surface area contributed by atoms with Crippen molar-refractivity contribution in [1.82, 2.24) is 19.9 Å². The predicted molar refractivity (Wildman–Crippen MR) is 89.1 cm³/mol. The third kappa shape index (κ3) is 3.34. The number of nitrogens with zero attached hydrogens (tertiary/aromatic N) is 4. The second-order valence-corrected chi connectivity index (χ2v) is 7.75. The van der Waals surface area contributed by atoms with Gasteiger partial charge in [-0.25, -0.2) is 0 Å². The molecule has 0 N–H and O–H groups in total. The van der Waals surface area contributed by atoms with Crippen LogP contribution in [0.3, 0.4) is 0 Å². The molecule has 3 aliphatic rings. The van der Waals surface area contributed by atoms with Crippen molar-refractivity contribution in [2.75, 3.05) is 26.2 Å². The maximum Gasteiger partial charge on any atom is 0.226 e. The number of hydrogen-bond donors (Lipinski definition) is 0. The average Bonchev–Trinajstić information content (AvgIpc) is 3.32. The summed E-state index contributed by atoms with van der Waals surface area (Å²) in [4.78, 5) is 21.3. The van der Waals surface area contributed by atoms with Crippen LogP contribution in [0.15, 0.2) is 4.52 Å². The van der Waals surface area contributed by atoms with Gasteiger partial charge in [-0.05, 0) is 37.0 Å². The molecule has 0 radical (unpaired) electrons. The maximum absolute atomic E-state index is 12.6. The molecule has 1 aromatic rings. The van der Waals surface area contributed by atoms with Crippen LogP contribution in [0.25, 0.3) is 0 Å². The molecule has 2 heterocycles. The van der Waals surface area contributed by atoms with Crippen LogP contribution in [0.4, 0.5) is 0 Å². The fourth-order valence-electron chi connectivity index (χ4n) is 4.83. The van der Waals surface area contributed by atoms with Gasteiger partial charge in [0.05, 0.1) is 6.54 Å². The number of hydrogen-bond acceptors (Lipinski definition) is 5. The summed E-state index contributed by atoms with van der Waals surface area (Å²) in [5, 5.41) is 4.02. The number of fused-ring (bicyclic) bond motifs is 2. The van der Waals surface area contributed by atoms with Crippen LogP contribution in [-0.4, -0.2) is 52.0 Å². The topological polar surface area (TPSA) is 62.5 Å². The van der Waals surface area contributed by atoms with Crippen LogP contribution >= 0.6 is 0 Å². The largest absolute Gasteiger partial charge is 0.340 e. The van der Waals surface area contributed by atoms with E-state index in [1.54, 1.807) is 0 Å². The molecule has 1 saturated heterocycles. The Kier molecular flexibility index (Phi) is 4.57. The van der Waals surface area contributed by atoms with Crippen LogP contribution in [-0.2, 0) is 17.8 Å². The molecule has 6 heteroatoms. The van der Waals surface area contributed by atoms with E-state index >= 15 is 0 Å². The van der Waals surface area contributed by atoms with Crippen molar-refractivity contribution in [3.8, 4) is 0 Å². The van der Waals surface area contributed by atoms with Gasteiger partial charge < -0.3 is 9.42 Å². The fourth-order valence-corrected chi connectivity index (χ4v) is 4.83. The summed E-state index contributed by atoms with van der Waals surface area (Å²) in [6, 6.07) is 0. The van der Waals surface area contributed by atoms with Crippen molar-refractivity contribution in [2.45, 2.75) is 52.0 Å². The summed E-state index contributed by atoms with van der Waals surface area (Å²) in [7, 11) is 0. The highest BCUT2D eigenvalue weighted by Crippen LogP contribution is 2.49. The van der Waals surface area contributed by atoms with Gasteiger partial charge >= 0.3 is 0 Å². The van der Waals surface area contributed by atoms with Crippen molar-refractivity contribution in [3.63, 3.8) is 0 Å². The molecule has 1 aliphatic heterocycles. The fraction of sp³-hybridized carbons (Fsp3) is 0.833. The Bertz CT molecular complexity index is 579. The molecular weight excluding hydrogens is 304 g/mol. The summed E-state index contributed by atoms with van der Waals surface area (Å²) < 4.78 is 5.16. The van der Waals surface area contributed by atoms with Gasteiger partial charge in [0.25, 0.3) is 0 Å². The molecule has 6 nitrogen and oxygen atoms in total. The molecule has 132 valence electrons. The Morgan fingerprint density at radius 1 is 1.21 bits per heavy atom. The van der Waals surface area contributed by atoms with E-state index in [9.17, 15) is 4.79 Å².